The van der Waals surface area contributed by atoms with Gasteiger partial charge >= 0.3 is 0 Å². The van der Waals surface area contributed by atoms with Crippen LogP contribution in [0.2, 0.25) is 5.02 Å². The third-order valence-electron chi connectivity index (χ3n) is 2.15. The van der Waals surface area contributed by atoms with Gasteiger partial charge in [-0.1, -0.05) is 34.0 Å². The molecule has 0 unspecified atom stereocenters. The van der Waals surface area contributed by atoms with Gasteiger partial charge in [-0.05, 0) is 26.0 Å². The summed E-state index contributed by atoms with van der Waals surface area (Å²) in [4.78, 5) is 0. The monoisotopic (exact) mass is 222 g/mol. The molecule has 0 aliphatic rings. The van der Waals surface area contributed by atoms with E-state index in [1.807, 2.05) is 26.0 Å². The second-order valence-corrected chi connectivity index (χ2v) is 3.96. The fraction of sp³-hybridized carbons (Fsp3) is 0.182. The van der Waals surface area contributed by atoms with E-state index in [0.29, 0.717) is 10.7 Å². The summed E-state index contributed by atoms with van der Waals surface area (Å²) in [6.07, 6.45) is 0. The van der Waals surface area contributed by atoms with Gasteiger partial charge in [-0.25, -0.2) is 0 Å². The van der Waals surface area contributed by atoms with Gasteiger partial charge in [0.25, 0.3) is 0 Å². The van der Waals surface area contributed by atoms with E-state index in [1.54, 1.807) is 0 Å². The van der Waals surface area contributed by atoms with Crippen LogP contribution in [0.4, 0.5) is 5.88 Å². The zero-order chi connectivity index (χ0) is 11.0. The predicted molar refractivity (Wildman–Crippen MR) is 60.8 cm³/mol. The number of nitrogens with zero attached hydrogens (tertiary/aromatic N) is 1. The number of aryl methyl sites for hydroxylation is 2. The molecule has 0 aliphatic heterocycles. The minimum atomic E-state index is 0.158. The first-order valence-corrected chi connectivity index (χ1v) is 4.95. The van der Waals surface area contributed by atoms with Crippen LogP contribution in [0.1, 0.15) is 11.1 Å². The first-order chi connectivity index (χ1) is 7.08. The standard InChI is InChI=1S/C11H11ClN2O/c1-6-3-7(2)5-8(4-6)10-9(12)11(13)15-14-10/h3-5H,13H2,1-2H3. The van der Waals surface area contributed by atoms with Crippen molar-refractivity contribution in [1.29, 1.82) is 0 Å². The Morgan fingerprint density at radius 1 is 1.20 bits per heavy atom. The van der Waals surface area contributed by atoms with E-state index in [2.05, 4.69) is 11.2 Å². The number of hydrogen-bond acceptors (Lipinski definition) is 3. The van der Waals surface area contributed by atoms with Crippen LogP contribution in [-0.4, -0.2) is 5.16 Å². The van der Waals surface area contributed by atoms with Crippen molar-refractivity contribution in [3.8, 4) is 11.3 Å². The Kier molecular flexibility index (Phi) is 2.40. The highest BCUT2D eigenvalue weighted by molar-refractivity contribution is 6.35. The summed E-state index contributed by atoms with van der Waals surface area (Å²) in [5.74, 6) is 0.158. The zero-order valence-electron chi connectivity index (χ0n) is 8.54. The Labute approximate surface area is 92.8 Å². The van der Waals surface area contributed by atoms with E-state index >= 15 is 0 Å². The molecule has 0 aliphatic carbocycles. The lowest BCUT2D eigenvalue weighted by Gasteiger charge is -2.01. The second-order valence-electron chi connectivity index (χ2n) is 3.59. The molecule has 0 bridgehead atoms. The average Bonchev–Trinajstić information content (AvgIpc) is 2.46. The molecule has 0 saturated heterocycles. The molecular weight excluding hydrogens is 212 g/mol. The summed E-state index contributed by atoms with van der Waals surface area (Å²) in [7, 11) is 0. The minimum absolute atomic E-state index is 0.158. The second kappa shape index (κ2) is 3.59. The maximum Gasteiger partial charge on any atom is 0.241 e. The smallest absolute Gasteiger partial charge is 0.241 e. The van der Waals surface area contributed by atoms with E-state index in [4.69, 9.17) is 21.9 Å². The van der Waals surface area contributed by atoms with E-state index in [1.165, 1.54) is 0 Å². The lowest BCUT2D eigenvalue weighted by molar-refractivity contribution is 0.439. The molecule has 0 radical (unpaired) electrons. The molecule has 4 heteroatoms. The zero-order valence-corrected chi connectivity index (χ0v) is 9.30. The number of hydrogen-bond donors (Lipinski definition) is 1. The third kappa shape index (κ3) is 1.83. The van der Waals surface area contributed by atoms with Crippen molar-refractivity contribution in [2.45, 2.75) is 13.8 Å². The van der Waals surface area contributed by atoms with E-state index in [0.717, 1.165) is 16.7 Å². The highest BCUT2D eigenvalue weighted by Gasteiger charge is 2.13. The number of nitrogens with two attached hydrogens (primary N) is 1. The molecule has 0 fully saturated rings. The van der Waals surface area contributed by atoms with Crippen molar-refractivity contribution in [3.63, 3.8) is 0 Å². The van der Waals surface area contributed by atoms with Crippen molar-refractivity contribution < 1.29 is 4.52 Å². The molecule has 1 heterocycles. The van der Waals surface area contributed by atoms with Crippen LogP contribution in [0.5, 0.6) is 0 Å². The first kappa shape index (κ1) is 10.1. The lowest BCUT2D eigenvalue weighted by Crippen LogP contribution is -1.84. The van der Waals surface area contributed by atoms with Crippen LogP contribution < -0.4 is 5.73 Å². The maximum atomic E-state index is 5.97. The van der Waals surface area contributed by atoms with Gasteiger partial charge in [0.1, 0.15) is 10.7 Å². The summed E-state index contributed by atoms with van der Waals surface area (Å²) in [6.45, 7) is 4.04. The van der Waals surface area contributed by atoms with Crippen LogP contribution in [0.25, 0.3) is 11.3 Å². The van der Waals surface area contributed by atoms with Crippen LogP contribution in [0, 0.1) is 13.8 Å². The summed E-state index contributed by atoms with van der Waals surface area (Å²) in [5, 5.41) is 4.21. The molecule has 2 N–H and O–H groups in total. The Hall–Kier alpha value is -1.48. The van der Waals surface area contributed by atoms with E-state index in [9.17, 15) is 0 Å². The summed E-state index contributed by atoms with van der Waals surface area (Å²) in [5.41, 5.74) is 9.33. The minimum Gasteiger partial charge on any atom is -0.366 e. The van der Waals surface area contributed by atoms with Crippen molar-refractivity contribution in [1.82, 2.24) is 5.16 Å². The third-order valence-corrected chi connectivity index (χ3v) is 2.52. The highest BCUT2D eigenvalue weighted by atomic mass is 35.5. The van der Waals surface area contributed by atoms with E-state index in [-0.39, 0.29) is 5.88 Å². The number of anilines is 1. The van der Waals surface area contributed by atoms with E-state index < -0.39 is 0 Å². The van der Waals surface area contributed by atoms with Crippen LogP contribution in [0.15, 0.2) is 22.7 Å². The molecule has 2 rings (SSSR count). The summed E-state index contributed by atoms with van der Waals surface area (Å²) in [6, 6.07) is 6.08. The molecule has 2 aromatic rings. The summed E-state index contributed by atoms with van der Waals surface area (Å²) < 4.78 is 4.83. The number of benzene rings is 1. The Morgan fingerprint density at radius 2 is 1.80 bits per heavy atom. The predicted octanol–water partition coefficient (Wildman–Crippen LogP) is 3.19. The topological polar surface area (TPSA) is 52.0 Å². The first-order valence-electron chi connectivity index (χ1n) is 4.57. The largest absolute Gasteiger partial charge is 0.366 e. The number of rotatable bonds is 1. The van der Waals surface area contributed by atoms with Gasteiger partial charge < -0.3 is 10.3 Å². The quantitative estimate of drug-likeness (QED) is 0.806. The SMILES string of the molecule is Cc1cc(C)cc(-c2noc(N)c2Cl)c1. The van der Waals surface area contributed by atoms with Gasteiger partial charge in [0.05, 0.1) is 0 Å². The van der Waals surface area contributed by atoms with Crippen molar-refractivity contribution >= 4 is 17.5 Å². The van der Waals surface area contributed by atoms with Crippen molar-refractivity contribution in [3.05, 3.63) is 34.3 Å². The van der Waals surface area contributed by atoms with Gasteiger partial charge in [-0.3, -0.25) is 0 Å². The Balaban J connectivity index is 2.58. The average molecular weight is 223 g/mol. The molecule has 0 spiro atoms. The molecule has 1 aromatic carbocycles. The Morgan fingerprint density at radius 3 is 2.27 bits per heavy atom. The molecule has 0 saturated carbocycles. The van der Waals surface area contributed by atoms with Crippen LogP contribution in [-0.2, 0) is 0 Å². The molecule has 0 amide bonds. The van der Waals surface area contributed by atoms with Gasteiger partial charge in [0, 0.05) is 5.56 Å². The molecule has 0 atom stereocenters. The van der Waals surface area contributed by atoms with Gasteiger partial charge in [0.2, 0.25) is 5.88 Å². The molecule has 78 valence electrons. The van der Waals surface area contributed by atoms with Gasteiger partial charge in [0.15, 0.2) is 0 Å². The van der Waals surface area contributed by atoms with Crippen LogP contribution in [0.3, 0.4) is 0 Å². The summed E-state index contributed by atoms with van der Waals surface area (Å²) >= 11 is 5.97. The number of nitrogen functional groups attached to an aromatic ring is 1. The van der Waals surface area contributed by atoms with Crippen molar-refractivity contribution in [2.75, 3.05) is 5.73 Å². The molecule has 15 heavy (non-hydrogen) atoms. The molecule has 3 nitrogen and oxygen atoms in total. The highest BCUT2D eigenvalue weighted by Crippen LogP contribution is 2.32. The van der Waals surface area contributed by atoms with Crippen LogP contribution >= 0.6 is 11.6 Å². The van der Waals surface area contributed by atoms with Gasteiger partial charge in [-0.15, -0.1) is 0 Å². The maximum absolute atomic E-state index is 5.97. The van der Waals surface area contributed by atoms with Gasteiger partial charge in [-0.2, -0.15) is 0 Å². The molecular formula is C11H11ClN2O. The number of halogens is 1. The normalized spacial score (nSPS) is 10.6. The van der Waals surface area contributed by atoms with Crippen molar-refractivity contribution in [2.24, 2.45) is 0 Å². The fourth-order valence-corrected chi connectivity index (χ4v) is 1.76. The Bertz CT molecular complexity index is 485. The molecule has 1 aromatic heterocycles. The fourth-order valence-electron chi connectivity index (χ4n) is 1.58. The number of aromatic nitrogens is 1. The lowest BCUT2D eigenvalue weighted by atomic mass is 10.1.